The van der Waals surface area contributed by atoms with Crippen molar-refractivity contribution >= 4 is 17.6 Å². The van der Waals surface area contributed by atoms with Crippen molar-refractivity contribution < 1.29 is 14.7 Å². The predicted molar refractivity (Wildman–Crippen MR) is 91.1 cm³/mol. The van der Waals surface area contributed by atoms with Gasteiger partial charge in [0.1, 0.15) is 0 Å². The van der Waals surface area contributed by atoms with Gasteiger partial charge in [-0.15, -0.1) is 0 Å². The number of carboxylic acid groups (broad SMARTS) is 1. The molecule has 2 aromatic rings. The molecule has 0 atom stereocenters. The Hall–Kier alpha value is -2.62. The summed E-state index contributed by atoms with van der Waals surface area (Å²) in [6.45, 7) is 7.57. The van der Waals surface area contributed by atoms with Crippen LogP contribution in [0.1, 0.15) is 38.2 Å². The molecule has 0 aliphatic rings. The minimum Gasteiger partial charge on any atom is -0.478 e. The number of hydrogen-bond donors (Lipinski definition) is 2. The number of benzene rings is 2. The molecule has 23 heavy (non-hydrogen) atoms. The van der Waals surface area contributed by atoms with Crippen LogP contribution in [0.4, 0.5) is 5.69 Å². The van der Waals surface area contributed by atoms with Crippen molar-refractivity contribution in [3.8, 4) is 0 Å². The maximum Gasteiger partial charge on any atom is 0.336 e. The van der Waals surface area contributed by atoms with E-state index in [9.17, 15) is 14.7 Å². The molecule has 0 aromatic heterocycles. The Kier molecular flexibility index (Phi) is 4.84. The lowest BCUT2D eigenvalue weighted by molar-refractivity contribution is -0.115. The number of carboxylic acids is 1. The third-order valence-electron chi connectivity index (χ3n) is 3.93. The highest BCUT2D eigenvalue weighted by Crippen LogP contribution is 2.21. The number of aromatic carboxylic acids is 1. The molecule has 2 N–H and O–H groups in total. The Bertz CT molecular complexity index is 778. The summed E-state index contributed by atoms with van der Waals surface area (Å²) in [5.74, 6) is -1.14. The minimum atomic E-state index is -0.993. The van der Waals surface area contributed by atoms with Gasteiger partial charge in [-0.2, -0.15) is 0 Å². The van der Waals surface area contributed by atoms with Gasteiger partial charge in [0, 0.05) is 5.69 Å². The molecule has 0 heterocycles. The molecule has 0 unspecified atom stereocenters. The lowest BCUT2D eigenvalue weighted by Crippen LogP contribution is -2.16. The van der Waals surface area contributed by atoms with Crippen LogP contribution in [0.2, 0.25) is 0 Å². The zero-order valence-corrected chi connectivity index (χ0v) is 13.9. The second-order valence-corrected chi connectivity index (χ2v) is 5.94. The second-order valence-electron chi connectivity index (χ2n) is 5.94. The lowest BCUT2D eigenvalue weighted by Gasteiger charge is -2.12. The van der Waals surface area contributed by atoms with Crippen LogP contribution in [0.5, 0.6) is 0 Å². The van der Waals surface area contributed by atoms with Gasteiger partial charge in [0.2, 0.25) is 5.91 Å². The molecule has 0 radical (unpaired) electrons. The number of anilines is 1. The average molecular weight is 311 g/mol. The first-order valence-electron chi connectivity index (χ1n) is 7.48. The van der Waals surface area contributed by atoms with Crippen molar-refractivity contribution in [2.24, 2.45) is 0 Å². The Labute approximate surface area is 136 Å². The fourth-order valence-electron chi connectivity index (χ4n) is 2.58. The summed E-state index contributed by atoms with van der Waals surface area (Å²) in [6.07, 6.45) is 0.267. The molecule has 0 saturated carbocycles. The first kappa shape index (κ1) is 16.7. The van der Waals surface area contributed by atoms with E-state index in [1.807, 2.05) is 39.0 Å². The SMILES string of the molecule is Cc1ccc(C)c(CC(=O)Nc2cc(C(=O)O)c(C)cc2C)c1. The van der Waals surface area contributed by atoms with E-state index in [4.69, 9.17) is 0 Å². The summed E-state index contributed by atoms with van der Waals surface area (Å²) in [6, 6.07) is 9.31. The summed E-state index contributed by atoms with van der Waals surface area (Å²) in [5.41, 5.74) is 5.44. The smallest absolute Gasteiger partial charge is 0.336 e. The fourth-order valence-corrected chi connectivity index (χ4v) is 2.58. The highest BCUT2D eigenvalue weighted by atomic mass is 16.4. The molecule has 0 spiro atoms. The van der Waals surface area contributed by atoms with E-state index < -0.39 is 5.97 Å². The number of hydrogen-bond acceptors (Lipinski definition) is 2. The number of aryl methyl sites for hydroxylation is 4. The normalized spacial score (nSPS) is 10.4. The Balaban J connectivity index is 2.22. The third kappa shape index (κ3) is 3.97. The van der Waals surface area contributed by atoms with Crippen LogP contribution in [0.3, 0.4) is 0 Å². The predicted octanol–water partition coefficient (Wildman–Crippen LogP) is 3.80. The van der Waals surface area contributed by atoms with Crippen molar-refractivity contribution in [3.05, 3.63) is 63.7 Å². The van der Waals surface area contributed by atoms with Crippen molar-refractivity contribution in [2.75, 3.05) is 5.32 Å². The second kappa shape index (κ2) is 6.65. The molecule has 1 amide bonds. The molecule has 4 nitrogen and oxygen atoms in total. The summed E-state index contributed by atoms with van der Waals surface area (Å²) in [4.78, 5) is 23.5. The zero-order valence-electron chi connectivity index (χ0n) is 13.9. The maximum atomic E-state index is 12.3. The zero-order chi connectivity index (χ0) is 17.1. The average Bonchev–Trinajstić information content (AvgIpc) is 2.45. The molecule has 2 aromatic carbocycles. The van der Waals surface area contributed by atoms with Crippen LogP contribution < -0.4 is 5.32 Å². The van der Waals surface area contributed by atoms with E-state index in [1.165, 1.54) is 6.07 Å². The van der Waals surface area contributed by atoms with Gasteiger partial charge >= 0.3 is 5.97 Å². The summed E-state index contributed by atoms with van der Waals surface area (Å²) < 4.78 is 0. The van der Waals surface area contributed by atoms with E-state index in [2.05, 4.69) is 5.32 Å². The van der Waals surface area contributed by atoms with Crippen LogP contribution >= 0.6 is 0 Å². The minimum absolute atomic E-state index is 0.151. The van der Waals surface area contributed by atoms with Gasteiger partial charge in [0.25, 0.3) is 0 Å². The maximum absolute atomic E-state index is 12.3. The molecular weight excluding hydrogens is 290 g/mol. The molecule has 0 fully saturated rings. The molecule has 4 heteroatoms. The Morgan fingerprint density at radius 3 is 2.30 bits per heavy atom. The molecule has 0 aliphatic carbocycles. The Morgan fingerprint density at radius 2 is 1.65 bits per heavy atom. The van der Waals surface area contributed by atoms with E-state index in [0.29, 0.717) is 11.3 Å². The molecule has 0 saturated heterocycles. The standard InChI is InChI=1S/C19H21NO3/c1-11-5-6-12(2)15(7-11)9-18(21)20-17-10-16(19(22)23)13(3)8-14(17)4/h5-8,10H,9H2,1-4H3,(H,20,21)(H,22,23). The highest BCUT2D eigenvalue weighted by molar-refractivity contribution is 5.96. The number of amides is 1. The highest BCUT2D eigenvalue weighted by Gasteiger charge is 2.13. The summed E-state index contributed by atoms with van der Waals surface area (Å²) in [5, 5.41) is 12.0. The molecule has 0 aliphatic heterocycles. The van der Waals surface area contributed by atoms with Crippen LogP contribution in [-0.4, -0.2) is 17.0 Å². The van der Waals surface area contributed by atoms with Crippen molar-refractivity contribution in [2.45, 2.75) is 34.1 Å². The van der Waals surface area contributed by atoms with Crippen LogP contribution in [0, 0.1) is 27.7 Å². The first-order valence-corrected chi connectivity index (χ1v) is 7.48. The van der Waals surface area contributed by atoms with Crippen LogP contribution in [0.15, 0.2) is 30.3 Å². The van der Waals surface area contributed by atoms with E-state index >= 15 is 0 Å². The fraction of sp³-hybridized carbons (Fsp3) is 0.263. The van der Waals surface area contributed by atoms with Gasteiger partial charge < -0.3 is 10.4 Å². The van der Waals surface area contributed by atoms with E-state index in [-0.39, 0.29) is 17.9 Å². The largest absolute Gasteiger partial charge is 0.478 e. The van der Waals surface area contributed by atoms with E-state index in [1.54, 1.807) is 13.0 Å². The van der Waals surface area contributed by atoms with Gasteiger partial charge in [-0.25, -0.2) is 4.79 Å². The van der Waals surface area contributed by atoms with Crippen molar-refractivity contribution in [1.82, 2.24) is 0 Å². The number of nitrogens with one attached hydrogen (secondary N) is 1. The van der Waals surface area contributed by atoms with Gasteiger partial charge in [0.15, 0.2) is 0 Å². The van der Waals surface area contributed by atoms with Gasteiger partial charge in [-0.3, -0.25) is 4.79 Å². The molecule has 120 valence electrons. The van der Waals surface area contributed by atoms with Crippen molar-refractivity contribution in [3.63, 3.8) is 0 Å². The van der Waals surface area contributed by atoms with Crippen LogP contribution in [-0.2, 0) is 11.2 Å². The molecule has 2 rings (SSSR count). The van der Waals surface area contributed by atoms with Crippen LogP contribution in [0.25, 0.3) is 0 Å². The van der Waals surface area contributed by atoms with Gasteiger partial charge in [-0.05, 0) is 56.0 Å². The Morgan fingerprint density at radius 1 is 0.957 bits per heavy atom. The quantitative estimate of drug-likeness (QED) is 0.902. The molecule has 0 bridgehead atoms. The van der Waals surface area contributed by atoms with E-state index in [0.717, 1.165) is 22.3 Å². The molecular formula is C19H21NO3. The topological polar surface area (TPSA) is 66.4 Å². The number of rotatable bonds is 4. The van der Waals surface area contributed by atoms with Gasteiger partial charge in [-0.1, -0.05) is 29.8 Å². The number of carbonyl (C=O) groups excluding carboxylic acids is 1. The first-order chi connectivity index (χ1) is 10.8. The lowest BCUT2D eigenvalue weighted by atomic mass is 10.0. The van der Waals surface area contributed by atoms with Gasteiger partial charge in [0.05, 0.1) is 12.0 Å². The summed E-state index contributed by atoms with van der Waals surface area (Å²) >= 11 is 0. The number of carbonyl (C=O) groups is 2. The third-order valence-corrected chi connectivity index (χ3v) is 3.93. The monoisotopic (exact) mass is 311 g/mol. The summed E-state index contributed by atoms with van der Waals surface area (Å²) in [7, 11) is 0. The van der Waals surface area contributed by atoms with Crippen molar-refractivity contribution in [1.29, 1.82) is 0 Å².